The minimum Gasteiger partial charge on any atom is -0.377 e. The van der Waals surface area contributed by atoms with Crippen molar-refractivity contribution in [1.82, 2.24) is 9.80 Å². The molecule has 1 atom stereocenters. The van der Waals surface area contributed by atoms with Gasteiger partial charge in [-0.1, -0.05) is 0 Å². The molecule has 0 radical (unpaired) electrons. The van der Waals surface area contributed by atoms with Crippen LogP contribution >= 0.6 is 0 Å². The number of likely N-dealkylation sites (tertiary alicyclic amines) is 1. The molecule has 102 valence electrons. The standard InChI is InChI=1S/C13H23N3O2/c1-13(18-3)6-4-9-16(11-13)10-12(17)15(2)8-5-7-14/h4-6,8-11H2,1-3H3. The number of carbonyl (C=O) groups is 1. The second-order valence-electron chi connectivity index (χ2n) is 5.19. The van der Waals surface area contributed by atoms with Gasteiger partial charge in [0.15, 0.2) is 0 Å². The summed E-state index contributed by atoms with van der Waals surface area (Å²) in [6.45, 7) is 4.74. The van der Waals surface area contributed by atoms with Crippen molar-refractivity contribution in [2.24, 2.45) is 0 Å². The molecular formula is C13H23N3O2. The molecule has 0 spiro atoms. The highest BCUT2D eigenvalue weighted by Gasteiger charge is 2.31. The van der Waals surface area contributed by atoms with Gasteiger partial charge in [-0.2, -0.15) is 5.26 Å². The quantitative estimate of drug-likeness (QED) is 0.729. The zero-order chi connectivity index (χ0) is 13.6. The smallest absolute Gasteiger partial charge is 0.236 e. The molecular weight excluding hydrogens is 230 g/mol. The van der Waals surface area contributed by atoms with E-state index in [4.69, 9.17) is 10.00 Å². The number of ether oxygens (including phenoxy) is 1. The number of rotatable bonds is 5. The minimum atomic E-state index is -0.135. The van der Waals surface area contributed by atoms with Gasteiger partial charge in [0.05, 0.1) is 24.6 Å². The van der Waals surface area contributed by atoms with E-state index < -0.39 is 0 Å². The molecule has 1 aliphatic heterocycles. The van der Waals surface area contributed by atoms with E-state index >= 15 is 0 Å². The molecule has 1 amide bonds. The fourth-order valence-electron chi connectivity index (χ4n) is 2.26. The van der Waals surface area contributed by atoms with Gasteiger partial charge in [0.2, 0.25) is 5.91 Å². The van der Waals surface area contributed by atoms with Crippen LogP contribution in [0.2, 0.25) is 0 Å². The van der Waals surface area contributed by atoms with Gasteiger partial charge in [-0.15, -0.1) is 0 Å². The summed E-state index contributed by atoms with van der Waals surface area (Å²) in [4.78, 5) is 15.7. The highest BCUT2D eigenvalue weighted by atomic mass is 16.5. The predicted molar refractivity (Wildman–Crippen MR) is 69.0 cm³/mol. The van der Waals surface area contributed by atoms with E-state index in [1.165, 1.54) is 0 Å². The summed E-state index contributed by atoms with van der Waals surface area (Å²) >= 11 is 0. The van der Waals surface area contributed by atoms with Crippen LogP contribution in [0.1, 0.15) is 26.2 Å². The van der Waals surface area contributed by atoms with Crippen LogP contribution in [0.25, 0.3) is 0 Å². The Morgan fingerprint density at radius 3 is 2.94 bits per heavy atom. The van der Waals surface area contributed by atoms with Crippen molar-refractivity contribution in [1.29, 1.82) is 5.26 Å². The predicted octanol–water partition coefficient (Wildman–Crippen LogP) is 0.859. The first kappa shape index (κ1) is 14.9. The number of amides is 1. The molecule has 1 aliphatic rings. The summed E-state index contributed by atoms with van der Waals surface area (Å²) in [6, 6.07) is 2.05. The Balaban J connectivity index is 2.42. The maximum absolute atomic E-state index is 12.0. The largest absolute Gasteiger partial charge is 0.377 e. The lowest BCUT2D eigenvalue weighted by Crippen LogP contribution is -2.50. The van der Waals surface area contributed by atoms with Crippen LogP contribution < -0.4 is 0 Å². The van der Waals surface area contributed by atoms with E-state index in [0.717, 1.165) is 25.9 Å². The molecule has 1 heterocycles. The van der Waals surface area contributed by atoms with E-state index in [1.807, 2.05) is 0 Å². The topological polar surface area (TPSA) is 56.6 Å². The molecule has 0 aromatic carbocycles. The lowest BCUT2D eigenvalue weighted by atomic mass is 9.95. The van der Waals surface area contributed by atoms with E-state index in [-0.39, 0.29) is 11.5 Å². The zero-order valence-corrected chi connectivity index (χ0v) is 11.6. The number of methoxy groups -OCH3 is 1. The Kier molecular flexibility index (Phi) is 5.57. The van der Waals surface area contributed by atoms with Crippen molar-refractivity contribution in [2.45, 2.75) is 31.8 Å². The maximum Gasteiger partial charge on any atom is 0.236 e. The van der Waals surface area contributed by atoms with Crippen molar-refractivity contribution in [3.63, 3.8) is 0 Å². The second kappa shape index (κ2) is 6.72. The van der Waals surface area contributed by atoms with Gasteiger partial charge >= 0.3 is 0 Å². The SMILES string of the molecule is COC1(C)CCCN(CC(=O)N(C)CCC#N)C1. The molecule has 1 unspecified atom stereocenters. The Morgan fingerprint density at radius 2 is 2.33 bits per heavy atom. The van der Waals surface area contributed by atoms with Crippen LogP contribution in [0.15, 0.2) is 0 Å². The maximum atomic E-state index is 12.0. The highest BCUT2D eigenvalue weighted by molar-refractivity contribution is 5.78. The molecule has 0 aromatic heterocycles. The van der Waals surface area contributed by atoms with E-state index in [9.17, 15) is 4.79 Å². The summed E-state index contributed by atoms with van der Waals surface area (Å²) < 4.78 is 5.51. The molecule has 5 nitrogen and oxygen atoms in total. The third kappa shape index (κ3) is 4.28. The van der Waals surface area contributed by atoms with E-state index in [0.29, 0.717) is 19.5 Å². The number of hydrogen-bond donors (Lipinski definition) is 0. The first-order valence-corrected chi connectivity index (χ1v) is 6.39. The fraction of sp³-hybridized carbons (Fsp3) is 0.846. The lowest BCUT2D eigenvalue weighted by molar-refractivity contribution is -0.133. The number of hydrogen-bond acceptors (Lipinski definition) is 4. The van der Waals surface area contributed by atoms with Gasteiger partial charge in [0, 0.05) is 27.2 Å². The first-order valence-electron chi connectivity index (χ1n) is 6.39. The monoisotopic (exact) mass is 253 g/mol. The van der Waals surface area contributed by atoms with Crippen LogP contribution in [0.4, 0.5) is 0 Å². The molecule has 1 saturated heterocycles. The minimum absolute atomic E-state index is 0.0746. The molecule has 1 rings (SSSR count). The summed E-state index contributed by atoms with van der Waals surface area (Å²) in [5, 5.41) is 8.50. The molecule has 0 aliphatic carbocycles. The van der Waals surface area contributed by atoms with Crippen molar-refractivity contribution in [3.05, 3.63) is 0 Å². The van der Waals surface area contributed by atoms with Crippen molar-refractivity contribution < 1.29 is 9.53 Å². The average molecular weight is 253 g/mol. The lowest BCUT2D eigenvalue weighted by Gasteiger charge is -2.39. The van der Waals surface area contributed by atoms with Crippen LogP contribution in [-0.4, -0.2) is 61.6 Å². The second-order valence-corrected chi connectivity index (χ2v) is 5.19. The van der Waals surface area contributed by atoms with Crippen LogP contribution in [0.3, 0.4) is 0 Å². The molecule has 18 heavy (non-hydrogen) atoms. The number of piperidine rings is 1. The van der Waals surface area contributed by atoms with Crippen molar-refractivity contribution >= 4 is 5.91 Å². The number of nitrogens with zero attached hydrogens (tertiary/aromatic N) is 3. The Hall–Kier alpha value is -1.12. The molecule has 0 N–H and O–H groups in total. The number of carbonyl (C=O) groups excluding carboxylic acids is 1. The number of nitriles is 1. The highest BCUT2D eigenvalue weighted by Crippen LogP contribution is 2.23. The third-order valence-electron chi connectivity index (χ3n) is 3.57. The molecule has 0 saturated carbocycles. The van der Waals surface area contributed by atoms with Gasteiger partial charge in [-0.25, -0.2) is 0 Å². The summed E-state index contributed by atoms with van der Waals surface area (Å²) in [5.41, 5.74) is -0.135. The van der Waals surface area contributed by atoms with Crippen molar-refractivity contribution in [2.75, 3.05) is 40.3 Å². The van der Waals surface area contributed by atoms with Crippen LogP contribution in [0.5, 0.6) is 0 Å². The van der Waals surface area contributed by atoms with Crippen molar-refractivity contribution in [3.8, 4) is 6.07 Å². The zero-order valence-electron chi connectivity index (χ0n) is 11.6. The van der Waals surface area contributed by atoms with Gasteiger partial charge in [0.1, 0.15) is 0 Å². The molecule has 1 fully saturated rings. The molecule has 0 bridgehead atoms. The first-order chi connectivity index (χ1) is 8.50. The van der Waals surface area contributed by atoms with Gasteiger partial charge in [-0.05, 0) is 26.3 Å². The Morgan fingerprint density at radius 1 is 1.61 bits per heavy atom. The Labute approximate surface area is 109 Å². The summed E-state index contributed by atoms with van der Waals surface area (Å²) in [6.07, 6.45) is 2.48. The van der Waals surface area contributed by atoms with E-state index in [2.05, 4.69) is 17.9 Å². The molecule has 5 heteroatoms. The third-order valence-corrected chi connectivity index (χ3v) is 3.57. The fourth-order valence-corrected chi connectivity index (χ4v) is 2.26. The van der Waals surface area contributed by atoms with Gasteiger partial charge in [-0.3, -0.25) is 9.69 Å². The van der Waals surface area contributed by atoms with Crippen LogP contribution in [-0.2, 0) is 9.53 Å². The summed E-state index contributed by atoms with van der Waals surface area (Å²) in [7, 11) is 3.48. The van der Waals surface area contributed by atoms with Crippen LogP contribution in [0, 0.1) is 11.3 Å². The molecule has 0 aromatic rings. The normalized spacial score (nSPS) is 24.6. The summed E-state index contributed by atoms with van der Waals surface area (Å²) in [5.74, 6) is 0.0746. The number of likely N-dealkylation sites (N-methyl/N-ethyl adjacent to an activating group) is 1. The van der Waals surface area contributed by atoms with Gasteiger partial charge < -0.3 is 9.64 Å². The van der Waals surface area contributed by atoms with E-state index in [1.54, 1.807) is 19.1 Å². The Bertz CT molecular complexity index is 327. The average Bonchev–Trinajstić information content (AvgIpc) is 2.36. The van der Waals surface area contributed by atoms with Gasteiger partial charge in [0.25, 0.3) is 0 Å².